The first-order valence-corrected chi connectivity index (χ1v) is 9.28. The third kappa shape index (κ3) is 4.67. The van der Waals surface area contributed by atoms with Crippen LogP contribution in [-0.2, 0) is 17.6 Å². The number of hydrogen-bond donors (Lipinski definition) is 1. The molecule has 1 amide bonds. The summed E-state index contributed by atoms with van der Waals surface area (Å²) in [5.74, 6) is 0.650. The molecule has 0 spiro atoms. The Hall–Kier alpha value is -2.82. The standard InChI is InChI=1S/C22H25NO4/c1-15(18-9-8-17-5-3-4-6-19(17)12-18)23-22(25)14-27-20-10-7-16(13-24)11-21(20)26-2/h7-13,15H,3-6,14H2,1-2H3,(H,23,25). The average Bonchev–Trinajstić information content (AvgIpc) is 2.71. The van der Waals surface area contributed by atoms with Crippen molar-refractivity contribution in [1.82, 2.24) is 5.32 Å². The van der Waals surface area contributed by atoms with Crippen LogP contribution in [0.5, 0.6) is 11.5 Å². The van der Waals surface area contributed by atoms with Crippen LogP contribution in [0.4, 0.5) is 0 Å². The summed E-state index contributed by atoms with van der Waals surface area (Å²) in [5.41, 5.74) is 4.43. The lowest BCUT2D eigenvalue weighted by molar-refractivity contribution is -0.123. The highest BCUT2D eigenvalue weighted by Gasteiger charge is 2.15. The molecule has 3 rings (SSSR count). The van der Waals surface area contributed by atoms with Gasteiger partial charge in [-0.3, -0.25) is 9.59 Å². The lowest BCUT2D eigenvalue weighted by Crippen LogP contribution is -2.31. The van der Waals surface area contributed by atoms with E-state index in [1.807, 2.05) is 6.92 Å². The van der Waals surface area contributed by atoms with Gasteiger partial charge in [0, 0.05) is 5.56 Å². The number of hydrogen-bond acceptors (Lipinski definition) is 4. The van der Waals surface area contributed by atoms with Crippen LogP contribution in [0, 0.1) is 0 Å². The van der Waals surface area contributed by atoms with Gasteiger partial charge in [-0.1, -0.05) is 18.2 Å². The monoisotopic (exact) mass is 367 g/mol. The van der Waals surface area contributed by atoms with Crippen LogP contribution >= 0.6 is 0 Å². The topological polar surface area (TPSA) is 64.6 Å². The molecule has 1 atom stereocenters. The minimum atomic E-state index is -0.207. The fourth-order valence-electron chi connectivity index (χ4n) is 3.41. The normalized spacial score (nSPS) is 14.0. The summed E-state index contributed by atoms with van der Waals surface area (Å²) in [7, 11) is 1.50. The van der Waals surface area contributed by atoms with E-state index in [4.69, 9.17) is 9.47 Å². The fraction of sp³-hybridized carbons (Fsp3) is 0.364. The molecule has 0 saturated heterocycles. The first-order chi connectivity index (χ1) is 13.1. The van der Waals surface area contributed by atoms with Gasteiger partial charge in [0.25, 0.3) is 5.91 Å². The van der Waals surface area contributed by atoms with Crippen LogP contribution in [0.1, 0.15) is 52.9 Å². The number of amides is 1. The summed E-state index contributed by atoms with van der Waals surface area (Å²) >= 11 is 0. The number of fused-ring (bicyclic) bond motifs is 1. The van der Waals surface area contributed by atoms with E-state index in [-0.39, 0.29) is 18.6 Å². The molecule has 0 aliphatic heterocycles. The molecule has 0 bridgehead atoms. The second kappa shape index (κ2) is 8.71. The summed E-state index contributed by atoms with van der Waals surface area (Å²) in [5, 5.41) is 2.97. The highest BCUT2D eigenvalue weighted by Crippen LogP contribution is 2.28. The van der Waals surface area contributed by atoms with E-state index in [0.717, 1.165) is 24.7 Å². The van der Waals surface area contributed by atoms with Crippen LogP contribution < -0.4 is 14.8 Å². The van der Waals surface area contributed by atoms with Crippen LogP contribution in [0.15, 0.2) is 36.4 Å². The van der Waals surface area contributed by atoms with E-state index in [1.165, 1.54) is 31.1 Å². The van der Waals surface area contributed by atoms with Gasteiger partial charge in [0.2, 0.25) is 0 Å². The van der Waals surface area contributed by atoms with E-state index in [9.17, 15) is 9.59 Å². The number of nitrogens with one attached hydrogen (secondary N) is 1. The van der Waals surface area contributed by atoms with E-state index in [2.05, 4.69) is 23.5 Å². The van der Waals surface area contributed by atoms with Gasteiger partial charge in [0.1, 0.15) is 6.29 Å². The average molecular weight is 367 g/mol. The predicted molar refractivity (Wildman–Crippen MR) is 104 cm³/mol. The molecule has 5 nitrogen and oxygen atoms in total. The number of rotatable bonds is 7. The Kier molecular flexibility index (Phi) is 6.12. The summed E-state index contributed by atoms with van der Waals surface area (Å²) in [6.45, 7) is 1.86. The van der Waals surface area contributed by atoms with E-state index < -0.39 is 0 Å². The van der Waals surface area contributed by atoms with Crippen LogP contribution in [0.25, 0.3) is 0 Å². The van der Waals surface area contributed by atoms with Crippen molar-refractivity contribution in [2.75, 3.05) is 13.7 Å². The molecular weight excluding hydrogens is 342 g/mol. The minimum absolute atomic E-state index is 0.0901. The fourth-order valence-corrected chi connectivity index (χ4v) is 3.41. The zero-order chi connectivity index (χ0) is 19.2. The van der Waals surface area contributed by atoms with Crippen LogP contribution in [-0.4, -0.2) is 25.9 Å². The molecule has 5 heteroatoms. The van der Waals surface area contributed by atoms with Gasteiger partial charge in [0.05, 0.1) is 13.2 Å². The van der Waals surface area contributed by atoms with Gasteiger partial charge in [-0.05, 0) is 67.5 Å². The number of benzene rings is 2. The molecule has 1 N–H and O–H groups in total. The van der Waals surface area contributed by atoms with Gasteiger partial charge >= 0.3 is 0 Å². The molecular formula is C22H25NO4. The molecule has 0 saturated carbocycles. The highest BCUT2D eigenvalue weighted by molar-refractivity contribution is 5.78. The maximum absolute atomic E-state index is 12.3. The quantitative estimate of drug-likeness (QED) is 0.759. The summed E-state index contributed by atoms with van der Waals surface area (Å²) < 4.78 is 10.8. The molecule has 2 aromatic rings. The number of aldehydes is 1. The molecule has 1 unspecified atom stereocenters. The van der Waals surface area contributed by atoms with E-state index >= 15 is 0 Å². The Balaban J connectivity index is 1.58. The largest absolute Gasteiger partial charge is 0.493 e. The number of ether oxygens (including phenoxy) is 2. The summed E-state index contributed by atoms with van der Waals surface area (Å²) in [4.78, 5) is 23.1. The molecule has 27 heavy (non-hydrogen) atoms. The number of carbonyl (C=O) groups is 2. The van der Waals surface area contributed by atoms with Crippen molar-refractivity contribution < 1.29 is 19.1 Å². The number of aryl methyl sites for hydroxylation is 2. The Morgan fingerprint density at radius 1 is 1.11 bits per heavy atom. The second-order valence-electron chi connectivity index (χ2n) is 6.84. The molecule has 1 aliphatic carbocycles. The smallest absolute Gasteiger partial charge is 0.258 e. The van der Waals surface area contributed by atoms with Crippen molar-refractivity contribution >= 4 is 12.2 Å². The van der Waals surface area contributed by atoms with Gasteiger partial charge in [-0.2, -0.15) is 0 Å². The molecule has 1 aliphatic rings. The van der Waals surface area contributed by atoms with Crippen molar-refractivity contribution in [2.45, 2.75) is 38.6 Å². The maximum atomic E-state index is 12.3. The van der Waals surface area contributed by atoms with Crippen molar-refractivity contribution in [3.05, 3.63) is 58.7 Å². The Bertz CT molecular complexity index is 831. The van der Waals surface area contributed by atoms with Crippen molar-refractivity contribution in [3.8, 4) is 11.5 Å². The molecule has 142 valence electrons. The third-order valence-electron chi connectivity index (χ3n) is 4.93. The van der Waals surface area contributed by atoms with Crippen LogP contribution in [0.3, 0.4) is 0 Å². The zero-order valence-corrected chi connectivity index (χ0v) is 15.8. The van der Waals surface area contributed by atoms with E-state index in [0.29, 0.717) is 17.1 Å². The lowest BCUT2D eigenvalue weighted by atomic mass is 9.89. The highest BCUT2D eigenvalue weighted by atomic mass is 16.5. The first-order valence-electron chi connectivity index (χ1n) is 9.28. The zero-order valence-electron chi connectivity index (χ0n) is 15.8. The van der Waals surface area contributed by atoms with Gasteiger partial charge < -0.3 is 14.8 Å². The van der Waals surface area contributed by atoms with Crippen molar-refractivity contribution in [2.24, 2.45) is 0 Å². The van der Waals surface area contributed by atoms with Crippen LogP contribution in [0.2, 0.25) is 0 Å². The Labute approximate surface area is 159 Å². The third-order valence-corrected chi connectivity index (χ3v) is 4.93. The molecule has 2 aromatic carbocycles. The SMILES string of the molecule is COc1cc(C=O)ccc1OCC(=O)NC(C)c1ccc2c(c1)CCCC2. The minimum Gasteiger partial charge on any atom is -0.493 e. The predicted octanol–water partition coefficient (Wildman–Crippen LogP) is 3.64. The summed E-state index contributed by atoms with van der Waals surface area (Å²) in [6.07, 6.45) is 5.49. The summed E-state index contributed by atoms with van der Waals surface area (Å²) in [6, 6.07) is 11.2. The van der Waals surface area contributed by atoms with Gasteiger partial charge in [-0.25, -0.2) is 0 Å². The molecule has 0 fully saturated rings. The van der Waals surface area contributed by atoms with Gasteiger partial charge in [0.15, 0.2) is 18.1 Å². The number of methoxy groups -OCH3 is 1. The molecule has 0 heterocycles. The molecule has 0 aromatic heterocycles. The van der Waals surface area contributed by atoms with E-state index in [1.54, 1.807) is 18.2 Å². The first kappa shape index (κ1) is 19.0. The van der Waals surface area contributed by atoms with Gasteiger partial charge in [-0.15, -0.1) is 0 Å². The Morgan fingerprint density at radius 2 is 1.89 bits per heavy atom. The Morgan fingerprint density at radius 3 is 2.63 bits per heavy atom. The lowest BCUT2D eigenvalue weighted by Gasteiger charge is -2.20. The molecule has 0 radical (unpaired) electrons. The van der Waals surface area contributed by atoms with Crippen molar-refractivity contribution in [3.63, 3.8) is 0 Å². The van der Waals surface area contributed by atoms with Crippen molar-refractivity contribution in [1.29, 1.82) is 0 Å². The second-order valence-corrected chi connectivity index (χ2v) is 6.84. The maximum Gasteiger partial charge on any atom is 0.258 e. The number of carbonyl (C=O) groups excluding carboxylic acids is 2.